The van der Waals surface area contributed by atoms with Gasteiger partial charge in [-0.1, -0.05) is 75.4 Å². The van der Waals surface area contributed by atoms with E-state index in [1.54, 1.807) is 0 Å². The van der Waals surface area contributed by atoms with Gasteiger partial charge in [0.05, 0.1) is 18.0 Å². The van der Waals surface area contributed by atoms with E-state index in [2.05, 4.69) is 21.9 Å². The van der Waals surface area contributed by atoms with E-state index in [1.807, 2.05) is 75.4 Å². The van der Waals surface area contributed by atoms with Crippen molar-refractivity contribution >= 4 is 33.8 Å². The Morgan fingerprint density at radius 2 is 1.71 bits per heavy atom. The van der Waals surface area contributed by atoms with E-state index in [0.717, 1.165) is 36.0 Å². The number of amides is 4. The molecule has 4 aliphatic rings. The maximum Gasteiger partial charge on any atom is 0.408 e. The first-order valence-electron chi connectivity index (χ1n) is 17.7. The first-order valence-corrected chi connectivity index (χ1v) is 19.3. The number of ether oxygens (including phenoxy) is 2. The van der Waals surface area contributed by atoms with Crippen LogP contribution in [0.1, 0.15) is 71.3 Å². The van der Waals surface area contributed by atoms with Crippen molar-refractivity contribution in [3.63, 3.8) is 0 Å². The Kier molecular flexibility index (Phi) is 10.3. The Labute approximate surface area is 299 Å². The maximum absolute atomic E-state index is 14.4. The highest BCUT2D eigenvalue weighted by molar-refractivity contribution is 7.91. The molecule has 1 aliphatic heterocycles. The van der Waals surface area contributed by atoms with E-state index >= 15 is 0 Å². The minimum atomic E-state index is -3.87. The number of hydrogen-bond acceptors (Lipinski definition) is 8. The van der Waals surface area contributed by atoms with Crippen molar-refractivity contribution in [1.29, 1.82) is 0 Å². The highest BCUT2D eigenvalue weighted by Gasteiger charge is 2.62. The molecule has 0 unspecified atom stereocenters. The van der Waals surface area contributed by atoms with Crippen molar-refractivity contribution < 1.29 is 37.1 Å². The number of nitrogens with zero attached hydrogens (tertiary/aromatic N) is 1. The number of hydrogen-bond donors (Lipinski definition) is 3. The highest BCUT2D eigenvalue weighted by atomic mass is 32.2. The molecule has 13 heteroatoms. The number of nitrogens with one attached hydrogen (secondary N) is 3. The number of carbonyl (C=O) groups excluding carboxylic acids is 4. The normalized spacial score (nSPS) is 25.2. The molecule has 0 spiro atoms. The van der Waals surface area contributed by atoms with Gasteiger partial charge in [0, 0.05) is 18.9 Å². The molecule has 51 heavy (non-hydrogen) atoms. The molecule has 274 valence electrons. The first kappa shape index (κ1) is 36.6. The summed E-state index contributed by atoms with van der Waals surface area (Å²) < 4.78 is 39.3. The Bertz CT molecular complexity index is 1770. The molecule has 1 heterocycles. The van der Waals surface area contributed by atoms with E-state index in [9.17, 15) is 27.6 Å². The molecule has 4 fully saturated rings. The third-order valence-electron chi connectivity index (χ3n) is 10.3. The molecule has 0 radical (unpaired) electrons. The van der Waals surface area contributed by atoms with Gasteiger partial charge in [0.15, 0.2) is 0 Å². The van der Waals surface area contributed by atoms with Crippen LogP contribution in [0.3, 0.4) is 0 Å². The molecule has 4 amide bonds. The SMILES string of the molecule is C=C[C@@H]1C[C@@]1(NC(=O)[C@@H]1C[C@@H](OCc2cccc(-c3ccccc3)c2)CN1C(=O)[C@@H](NC(=O)OC1CCC1)C(C)(C)C)C(=O)NS(=O)(=O)C1CC1. The Morgan fingerprint density at radius 1 is 1.00 bits per heavy atom. The monoisotopic (exact) mass is 720 g/mol. The fraction of sp³-hybridized carbons (Fsp3) is 0.526. The molecule has 0 bridgehead atoms. The number of alkyl carbamates (subject to hydrolysis) is 1. The highest BCUT2D eigenvalue weighted by Crippen LogP contribution is 2.45. The van der Waals surface area contributed by atoms with E-state index < -0.39 is 74.1 Å². The average molecular weight is 721 g/mol. The molecule has 2 aromatic carbocycles. The lowest BCUT2D eigenvalue weighted by Gasteiger charge is -2.36. The molecule has 3 N–H and O–H groups in total. The van der Waals surface area contributed by atoms with Crippen LogP contribution < -0.4 is 15.4 Å². The maximum atomic E-state index is 14.4. The molecule has 1 saturated heterocycles. The zero-order chi connectivity index (χ0) is 36.6. The van der Waals surface area contributed by atoms with Crippen LogP contribution in [0.15, 0.2) is 67.3 Å². The molecule has 3 saturated carbocycles. The van der Waals surface area contributed by atoms with E-state index in [4.69, 9.17) is 9.47 Å². The molecule has 2 aromatic rings. The molecule has 3 aliphatic carbocycles. The van der Waals surface area contributed by atoms with Crippen molar-refractivity contribution in [1.82, 2.24) is 20.3 Å². The quantitative estimate of drug-likeness (QED) is 0.260. The van der Waals surface area contributed by atoms with Gasteiger partial charge in [-0.25, -0.2) is 13.2 Å². The molecular weight excluding hydrogens is 673 g/mol. The second-order valence-corrected chi connectivity index (χ2v) is 17.3. The summed E-state index contributed by atoms with van der Waals surface area (Å²) in [5, 5.41) is 4.94. The van der Waals surface area contributed by atoms with Gasteiger partial charge in [-0.15, -0.1) is 6.58 Å². The Hall–Kier alpha value is -4.23. The van der Waals surface area contributed by atoms with Crippen LogP contribution in [0, 0.1) is 11.3 Å². The standard InChI is InChI=1S/C38H48N4O8S/c1-5-27-21-38(27,35(45)41-51(47,48)30-17-18-30)40-33(43)31-20-29(49-23-24-11-9-14-26(19-24)25-12-7-6-8-13-25)22-42(31)34(44)32(37(2,3)4)39-36(46)50-28-15-10-16-28/h5-9,11-14,19,27-32H,1,10,15-18,20-23H2,2-4H3,(H,39,46)(H,40,43)(H,41,45)/t27-,29-,31+,32-,38+/m1/s1. The lowest BCUT2D eigenvalue weighted by Crippen LogP contribution is -2.60. The van der Waals surface area contributed by atoms with Crippen molar-refractivity contribution in [2.24, 2.45) is 11.3 Å². The molecule has 6 rings (SSSR count). The lowest BCUT2D eigenvalue weighted by atomic mass is 9.85. The van der Waals surface area contributed by atoms with Crippen molar-refractivity contribution in [3.8, 4) is 11.1 Å². The Morgan fingerprint density at radius 3 is 2.31 bits per heavy atom. The van der Waals surface area contributed by atoms with Crippen LogP contribution in [-0.2, 0) is 40.5 Å². The predicted octanol–water partition coefficient (Wildman–Crippen LogP) is 4.20. The summed E-state index contributed by atoms with van der Waals surface area (Å²) in [4.78, 5) is 56.3. The average Bonchev–Trinajstić information content (AvgIpc) is 4.00. The third-order valence-corrected chi connectivity index (χ3v) is 12.1. The smallest absolute Gasteiger partial charge is 0.408 e. The van der Waals surface area contributed by atoms with Crippen molar-refractivity contribution in [2.45, 2.75) is 107 Å². The van der Waals surface area contributed by atoms with Gasteiger partial charge in [-0.2, -0.15) is 0 Å². The van der Waals surface area contributed by atoms with Crippen LogP contribution in [0.2, 0.25) is 0 Å². The van der Waals surface area contributed by atoms with Gasteiger partial charge >= 0.3 is 6.09 Å². The van der Waals surface area contributed by atoms with Crippen LogP contribution in [0.5, 0.6) is 0 Å². The minimum Gasteiger partial charge on any atom is -0.446 e. The summed E-state index contributed by atoms with van der Waals surface area (Å²) in [6.45, 7) is 9.50. The van der Waals surface area contributed by atoms with Crippen LogP contribution in [0.4, 0.5) is 4.79 Å². The summed E-state index contributed by atoms with van der Waals surface area (Å²) in [6, 6.07) is 15.8. The summed E-state index contributed by atoms with van der Waals surface area (Å²) in [5.41, 5.74) is 0.732. The zero-order valence-electron chi connectivity index (χ0n) is 29.4. The topological polar surface area (TPSA) is 160 Å². The van der Waals surface area contributed by atoms with Gasteiger partial charge in [-0.05, 0) is 66.7 Å². The second kappa shape index (κ2) is 14.4. The fourth-order valence-corrected chi connectivity index (χ4v) is 8.09. The summed E-state index contributed by atoms with van der Waals surface area (Å²) in [5.74, 6) is -2.41. The van der Waals surface area contributed by atoms with Crippen molar-refractivity contribution in [3.05, 3.63) is 72.8 Å². The van der Waals surface area contributed by atoms with Crippen molar-refractivity contribution in [2.75, 3.05) is 6.54 Å². The number of rotatable bonds is 13. The first-order chi connectivity index (χ1) is 24.2. The molecular formula is C38H48N4O8S. The summed E-state index contributed by atoms with van der Waals surface area (Å²) >= 11 is 0. The van der Waals surface area contributed by atoms with Gasteiger partial charge < -0.3 is 25.0 Å². The third kappa shape index (κ3) is 8.30. The van der Waals surface area contributed by atoms with Gasteiger partial charge in [0.1, 0.15) is 23.7 Å². The number of likely N-dealkylation sites (tertiary alicyclic amines) is 1. The predicted molar refractivity (Wildman–Crippen MR) is 190 cm³/mol. The molecule has 0 aromatic heterocycles. The Balaban J connectivity index is 1.21. The van der Waals surface area contributed by atoms with E-state index in [-0.39, 0.29) is 32.1 Å². The molecule has 5 atom stereocenters. The summed E-state index contributed by atoms with van der Waals surface area (Å²) in [7, 11) is -3.87. The second-order valence-electron chi connectivity index (χ2n) is 15.3. The number of sulfonamides is 1. The largest absolute Gasteiger partial charge is 0.446 e. The van der Waals surface area contributed by atoms with Gasteiger partial charge in [0.25, 0.3) is 5.91 Å². The van der Waals surface area contributed by atoms with Gasteiger partial charge in [0.2, 0.25) is 21.8 Å². The number of carbonyl (C=O) groups is 4. The van der Waals surface area contributed by atoms with E-state index in [0.29, 0.717) is 12.8 Å². The minimum absolute atomic E-state index is 0.0569. The zero-order valence-corrected chi connectivity index (χ0v) is 30.2. The fourth-order valence-electron chi connectivity index (χ4n) is 6.72. The van der Waals surface area contributed by atoms with E-state index in [1.165, 1.54) is 11.0 Å². The molecule has 12 nitrogen and oxygen atoms in total. The number of benzene rings is 2. The van der Waals surface area contributed by atoms with Crippen LogP contribution in [-0.4, -0.2) is 78.8 Å². The van der Waals surface area contributed by atoms with Crippen LogP contribution in [0.25, 0.3) is 11.1 Å². The lowest BCUT2D eigenvalue weighted by molar-refractivity contribution is -0.143. The van der Waals surface area contributed by atoms with Gasteiger partial charge in [-0.3, -0.25) is 19.1 Å². The summed E-state index contributed by atoms with van der Waals surface area (Å²) in [6.07, 6.45) is 3.83. The van der Waals surface area contributed by atoms with Crippen LogP contribution >= 0.6 is 0 Å².